The Morgan fingerprint density at radius 1 is 1.43 bits per heavy atom. The number of rotatable bonds is 6. The number of carbonyl (C=O) groups is 1. The third-order valence-corrected chi connectivity index (χ3v) is 4.04. The first kappa shape index (κ1) is 20.7. The van der Waals surface area contributed by atoms with Gasteiger partial charge < -0.3 is 9.64 Å². The van der Waals surface area contributed by atoms with Crippen LogP contribution >= 0.6 is 22.6 Å². The number of nitrogens with zero attached hydrogens (tertiary/aromatic N) is 1. The van der Waals surface area contributed by atoms with E-state index in [0.717, 1.165) is 4.90 Å². The van der Waals surface area contributed by atoms with Gasteiger partial charge in [-0.2, -0.15) is 5.56 Å². The molecule has 0 fully saturated rings. The molecule has 0 saturated heterocycles. The van der Waals surface area contributed by atoms with Gasteiger partial charge in [0, 0.05) is 32.7 Å². The summed E-state index contributed by atoms with van der Waals surface area (Å²) in [4.78, 5) is 13.3. The third-order valence-electron chi connectivity index (χ3n) is 3.07. The minimum atomic E-state index is -2.59. The fourth-order valence-corrected chi connectivity index (χ4v) is 2.65. The van der Waals surface area contributed by atoms with E-state index >= 15 is 0 Å². The molecule has 1 radical (unpaired) electrons. The maximum Gasteiger partial charge on any atom is 0.256 e. The van der Waals surface area contributed by atoms with E-state index in [9.17, 15) is 13.6 Å². The molecule has 0 aromatic heterocycles. The largest absolute Gasteiger partial charge is 0.490 e. The minimum absolute atomic E-state index is 0. The van der Waals surface area contributed by atoms with Gasteiger partial charge in [0.05, 0.1) is 10.5 Å². The summed E-state index contributed by atoms with van der Waals surface area (Å²) < 4.78 is 30.5. The molecule has 1 amide bonds. The van der Waals surface area contributed by atoms with Gasteiger partial charge in [0.15, 0.2) is 0 Å². The average molecular weight is 507 g/mol. The van der Waals surface area contributed by atoms with Crippen molar-refractivity contribution in [3.63, 3.8) is 0 Å². The number of alkyl halides is 3. The maximum absolute atomic E-state index is 12.7. The quantitative estimate of drug-likeness (QED) is 0.255. The summed E-state index contributed by atoms with van der Waals surface area (Å²) in [6.07, 6.45) is 2.53. The molecule has 0 bridgehead atoms. The molecule has 0 saturated carbocycles. The van der Waals surface area contributed by atoms with E-state index in [2.05, 4.69) is 12.7 Å². The van der Waals surface area contributed by atoms with Crippen LogP contribution in [0.15, 0.2) is 36.9 Å². The van der Waals surface area contributed by atoms with E-state index in [1.807, 2.05) is 22.6 Å². The molecule has 1 unspecified atom stereocenters. The monoisotopic (exact) mass is 507 g/mol. The molecule has 23 heavy (non-hydrogen) atoms. The summed E-state index contributed by atoms with van der Waals surface area (Å²) in [7, 11) is 0. The summed E-state index contributed by atoms with van der Waals surface area (Å²) in [5.74, 6) is 0.347. The van der Waals surface area contributed by atoms with Gasteiger partial charge in [0.1, 0.15) is 12.4 Å². The molecule has 0 N–H and O–H groups in total. The van der Waals surface area contributed by atoms with Gasteiger partial charge in [-0.3, -0.25) is 4.79 Å². The summed E-state index contributed by atoms with van der Waals surface area (Å²) in [6, 6.07) is 6.93. The predicted molar refractivity (Wildman–Crippen MR) is 88.9 cm³/mol. The Kier molecular flexibility index (Phi) is 8.86. The van der Waals surface area contributed by atoms with Gasteiger partial charge in [-0.25, -0.2) is 14.9 Å². The molecule has 121 valence electrons. The van der Waals surface area contributed by atoms with Crippen LogP contribution in [-0.2, 0) is 37.5 Å². The Morgan fingerprint density at radius 2 is 2.09 bits per heavy atom. The molecule has 2 rings (SSSR count). The van der Waals surface area contributed by atoms with Crippen molar-refractivity contribution in [3.05, 3.63) is 48.6 Å². The molecule has 1 aromatic rings. The van der Waals surface area contributed by atoms with Crippen LogP contribution < -0.4 is 4.74 Å². The van der Waals surface area contributed by atoms with Gasteiger partial charge in [-0.05, 0) is 12.1 Å². The topological polar surface area (TPSA) is 29.5 Å². The Balaban J connectivity index is 0.00000264. The van der Waals surface area contributed by atoms with Crippen LogP contribution in [0.1, 0.15) is 12.0 Å². The molecule has 1 aliphatic rings. The molecule has 0 spiro atoms. The smallest absolute Gasteiger partial charge is 0.256 e. The number of carbonyl (C=O) groups excluding carboxylic acids is 1. The van der Waals surface area contributed by atoms with Crippen molar-refractivity contribution in [2.24, 2.45) is 0 Å². The zero-order valence-electron chi connectivity index (χ0n) is 12.3. The number of halogens is 3. The number of allylic oxidation sites excluding steroid dienone is 1. The SMILES string of the molecule is C=CCOc1ccc(C2=[C-]CC(I)C(=O)N2CC(F)F)cc1.[Y]. The normalized spacial score (nSPS) is 17.6. The predicted octanol–water partition coefficient (Wildman–Crippen LogP) is 3.69. The summed E-state index contributed by atoms with van der Waals surface area (Å²) in [5.41, 5.74) is 1.08. The molecule has 1 atom stereocenters. The third kappa shape index (κ3) is 5.60. The van der Waals surface area contributed by atoms with Crippen molar-refractivity contribution in [3.8, 4) is 5.75 Å². The second kappa shape index (κ2) is 9.84. The molecule has 1 aromatic carbocycles. The minimum Gasteiger partial charge on any atom is -0.490 e. The van der Waals surface area contributed by atoms with Crippen molar-refractivity contribution in [2.75, 3.05) is 13.2 Å². The van der Waals surface area contributed by atoms with Crippen molar-refractivity contribution in [2.45, 2.75) is 16.8 Å². The van der Waals surface area contributed by atoms with E-state index in [4.69, 9.17) is 4.74 Å². The molecular formula is C16H15F2INO2Y-. The van der Waals surface area contributed by atoms with E-state index in [-0.39, 0.29) is 42.5 Å². The second-order valence-electron chi connectivity index (χ2n) is 4.66. The molecule has 1 aliphatic heterocycles. The zero-order chi connectivity index (χ0) is 16.1. The van der Waals surface area contributed by atoms with Crippen LogP contribution in [0.5, 0.6) is 5.75 Å². The van der Waals surface area contributed by atoms with Crippen LogP contribution in [0.3, 0.4) is 0 Å². The van der Waals surface area contributed by atoms with Gasteiger partial charge in [0.25, 0.3) is 6.43 Å². The molecule has 3 nitrogen and oxygen atoms in total. The Hall–Kier alpha value is -0.336. The van der Waals surface area contributed by atoms with E-state index < -0.39 is 13.0 Å². The van der Waals surface area contributed by atoms with Gasteiger partial charge in [0.2, 0.25) is 5.91 Å². The number of benzene rings is 1. The molecule has 7 heteroatoms. The number of hydrogen-bond donors (Lipinski definition) is 0. The average Bonchev–Trinajstić information content (AvgIpc) is 2.50. The van der Waals surface area contributed by atoms with Crippen LogP contribution in [0.25, 0.3) is 5.70 Å². The van der Waals surface area contributed by atoms with Crippen molar-refractivity contribution >= 4 is 34.2 Å². The van der Waals surface area contributed by atoms with Crippen molar-refractivity contribution in [1.82, 2.24) is 4.90 Å². The Morgan fingerprint density at radius 3 is 2.65 bits per heavy atom. The van der Waals surface area contributed by atoms with E-state index in [1.54, 1.807) is 30.3 Å². The zero-order valence-corrected chi connectivity index (χ0v) is 17.3. The first-order valence-electron chi connectivity index (χ1n) is 6.71. The van der Waals surface area contributed by atoms with Crippen molar-refractivity contribution in [1.29, 1.82) is 0 Å². The summed E-state index contributed by atoms with van der Waals surface area (Å²) in [6.45, 7) is 3.34. The van der Waals surface area contributed by atoms with E-state index in [0.29, 0.717) is 30.0 Å². The Labute approximate surface area is 173 Å². The standard InChI is InChI=1S/C16H15F2INO2.Y/c1-2-9-22-12-5-3-11(4-6-12)14-8-7-13(19)16(21)20(14)10-15(17)18;/h2-6,13,15H,1,7,9-10H2;/q-1;. The van der Waals surface area contributed by atoms with Crippen molar-refractivity contribution < 1.29 is 51.0 Å². The van der Waals surface area contributed by atoms with Gasteiger partial charge in [-0.15, -0.1) is 17.8 Å². The maximum atomic E-state index is 12.7. The Bertz CT molecular complexity index is 578. The molecule has 1 heterocycles. The first-order valence-corrected chi connectivity index (χ1v) is 7.96. The summed E-state index contributed by atoms with van der Waals surface area (Å²) >= 11 is 1.95. The van der Waals surface area contributed by atoms with Gasteiger partial charge >= 0.3 is 0 Å². The first-order chi connectivity index (χ1) is 10.5. The second-order valence-corrected chi connectivity index (χ2v) is 6.16. The van der Waals surface area contributed by atoms with Crippen LogP contribution in [-0.4, -0.2) is 34.3 Å². The fraction of sp³-hybridized carbons (Fsp3) is 0.312. The molecule has 0 aliphatic carbocycles. The summed E-state index contributed by atoms with van der Waals surface area (Å²) in [5, 5.41) is 0. The molecular weight excluding hydrogens is 492 g/mol. The van der Waals surface area contributed by atoms with E-state index in [1.165, 1.54) is 0 Å². The fourth-order valence-electron chi connectivity index (χ4n) is 2.09. The number of ether oxygens (including phenoxy) is 1. The van der Waals surface area contributed by atoms with Crippen LogP contribution in [0, 0.1) is 6.08 Å². The van der Waals surface area contributed by atoms with Crippen LogP contribution in [0.2, 0.25) is 0 Å². The van der Waals surface area contributed by atoms with Crippen LogP contribution in [0.4, 0.5) is 8.78 Å². The number of hydrogen-bond acceptors (Lipinski definition) is 2. The number of amides is 1. The van der Waals surface area contributed by atoms with Gasteiger partial charge in [-0.1, -0.05) is 41.7 Å².